The van der Waals surface area contributed by atoms with Crippen molar-refractivity contribution >= 4 is 79.0 Å². The molecule has 4 atom stereocenters. The smallest absolute Gasteiger partial charge is 0.417 e. The third-order valence-electron chi connectivity index (χ3n) is 8.45. The van der Waals surface area contributed by atoms with Crippen molar-refractivity contribution in [1.29, 1.82) is 0 Å². The van der Waals surface area contributed by atoms with Gasteiger partial charge in [-0.1, -0.05) is 13.8 Å². The van der Waals surface area contributed by atoms with Crippen LogP contribution in [0.4, 0.5) is 4.79 Å². The number of H-pyrrole nitrogens is 1. The summed E-state index contributed by atoms with van der Waals surface area (Å²) in [5.41, 5.74) is 0.568. The molecule has 0 bridgehead atoms. The minimum Gasteiger partial charge on any atom is -0.443 e. The molecule has 3 aliphatic heterocycles. The van der Waals surface area contributed by atoms with E-state index in [2.05, 4.69) is 33.3 Å². The molecule has 0 radical (unpaired) electrons. The first-order valence-corrected chi connectivity index (χ1v) is 17.7. The number of halogens is 1. The standard InChI is InChI=1S/C22H29N3O5S.C11H13N3S.ClH/c1-13-9-15(19(27)24(12-13)21(28)30-22(2,3)4)18(26)16-10-14-11-23-25(20(14)31-16)17-7-5-6-8-29-17;1-7-2-3-9(12-5-7)10-4-8-6-13-14-11(8)15-10;/h10-11,13,15,17H,5-9,12H2,1-4H3;4,6-7H,2-3,5H2,1H3,(H,13,14);1H. The second-order valence-electron chi connectivity index (χ2n) is 13.7. The van der Waals surface area contributed by atoms with Crippen molar-refractivity contribution in [2.75, 3.05) is 19.7 Å². The molecule has 1 N–H and O–H groups in total. The number of hydrogen-bond acceptors (Lipinski definition) is 10. The van der Waals surface area contributed by atoms with Crippen molar-refractivity contribution in [3.63, 3.8) is 0 Å². The molecule has 0 saturated carbocycles. The van der Waals surface area contributed by atoms with E-state index in [9.17, 15) is 14.4 Å². The molecular formula is C33H43ClN6O5S2. The van der Waals surface area contributed by atoms with Crippen molar-refractivity contribution in [1.82, 2.24) is 24.9 Å². The third kappa shape index (κ3) is 7.96. The van der Waals surface area contributed by atoms with Crippen LogP contribution in [-0.4, -0.2) is 73.7 Å². The van der Waals surface area contributed by atoms with Gasteiger partial charge in [0.2, 0.25) is 5.91 Å². The molecule has 0 spiro atoms. The number of nitrogens with one attached hydrogen (secondary N) is 1. The summed E-state index contributed by atoms with van der Waals surface area (Å²) >= 11 is 3.10. The lowest BCUT2D eigenvalue weighted by Gasteiger charge is -2.34. The molecule has 14 heteroatoms. The van der Waals surface area contributed by atoms with Crippen LogP contribution in [0.5, 0.6) is 0 Å². The van der Waals surface area contributed by atoms with Gasteiger partial charge in [-0.2, -0.15) is 10.2 Å². The number of carbonyl (C=O) groups excluding carboxylic acids is 3. The fraction of sp³-hybridized carbons (Fsp3) is 0.576. The Bertz CT molecular complexity index is 1730. The van der Waals surface area contributed by atoms with Crippen LogP contribution in [0, 0.1) is 17.8 Å². The number of piperidine rings is 1. The average molecular weight is 703 g/mol. The molecule has 254 valence electrons. The fourth-order valence-electron chi connectivity index (χ4n) is 6.04. The Morgan fingerprint density at radius 1 is 1.06 bits per heavy atom. The Morgan fingerprint density at radius 2 is 1.87 bits per heavy atom. The highest BCUT2D eigenvalue weighted by molar-refractivity contribution is 7.20. The molecule has 2 fully saturated rings. The number of imide groups is 1. The summed E-state index contributed by atoms with van der Waals surface area (Å²) < 4.78 is 13.1. The Hall–Kier alpha value is -3.13. The monoisotopic (exact) mass is 702 g/mol. The van der Waals surface area contributed by atoms with Crippen LogP contribution in [0.2, 0.25) is 0 Å². The number of amides is 2. The van der Waals surface area contributed by atoms with Crippen LogP contribution >= 0.6 is 35.1 Å². The summed E-state index contributed by atoms with van der Waals surface area (Å²) in [6.07, 6.45) is 8.63. The van der Waals surface area contributed by atoms with Crippen LogP contribution in [0.3, 0.4) is 0 Å². The number of ether oxygens (including phenoxy) is 2. The lowest BCUT2D eigenvalue weighted by Crippen LogP contribution is -2.51. The van der Waals surface area contributed by atoms with Crippen LogP contribution in [0.15, 0.2) is 29.5 Å². The molecule has 0 aliphatic carbocycles. The molecule has 4 aromatic rings. The van der Waals surface area contributed by atoms with Gasteiger partial charge in [-0.15, -0.1) is 35.1 Å². The molecule has 2 saturated heterocycles. The first kappa shape index (κ1) is 35.2. The summed E-state index contributed by atoms with van der Waals surface area (Å²) in [6, 6.07) is 3.98. The maximum absolute atomic E-state index is 13.3. The van der Waals surface area contributed by atoms with Gasteiger partial charge in [-0.25, -0.2) is 14.4 Å². The first-order chi connectivity index (χ1) is 22.0. The van der Waals surface area contributed by atoms with Gasteiger partial charge in [0.15, 0.2) is 12.0 Å². The average Bonchev–Trinajstić information content (AvgIpc) is 3.80. The molecule has 7 heterocycles. The largest absolute Gasteiger partial charge is 0.443 e. The molecule has 2 amide bonds. The summed E-state index contributed by atoms with van der Waals surface area (Å²) in [7, 11) is 0. The summed E-state index contributed by atoms with van der Waals surface area (Å²) in [6.45, 7) is 11.4. The minimum absolute atomic E-state index is 0. The molecule has 0 aromatic carbocycles. The number of likely N-dealkylation sites (tertiary alicyclic amines) is 1. The van der Waals surface area contributed by atoms with E-state index < -0.39 is 23.5 Å². The number of aromatic nitrogens is 4. The fourth-order valence-corrected chi connectivity index (χ4v) is 8.18. The minimum atomic E-state index is -0.883. The van der Waals surface area contributed by atoms with Crippen molar-refractivity contribution < 1.29 is 23.9 Å². The maximum atomic E-state index is 13.3. The van der Waals surface area contributed by atoms with E-state index in [-0.39, 0.29) is 36.9 Å². The van der Waals surface area contributed by atoms with Gasteiger partial charge in [0.25, 0.3) is 0 Å². The molecule has 11 nitrogen and oxygen atoms in total. The van der Waals surface area contributed by atoms with Gasteiger partial charge in [0, 0.05) is 30.5 Å². The molecule has 4 aromatic heterocycles. The molecule has 47 heavy (non-hydrogen) atoms. The number of ketones is 1. The van der Waals surface area contributed by atoms with Crippen LogP contribution in [0.1, 0.15) is 93.9 Å². The van der Waals surface area contributed by atoms with E-state index in [1.165, 1.54) is 33.7 Å². The van der Waals surface area contributed by atoms with Gasteiger partial charge in [-0.05, 0) is 83.3 Å². The Labute approximate surface area is 288 Å². The number of aromatic amines is 1. The zero-order valence-electron chi connectivity index (χ0n) is 27.5. The highest BCUT2D eigenvalue weighted by atomic mass is 35.5. The van der Waals surface area contributed by atoms with Gasteiger partial charge >= 0.3 is 6.09 Å². The predicted octanol–water partition coefficient (Wildman–Crippen LogP) is 7.66. The van der Waals surface area contributed by atoms with Crippen LogP contribution in [0.25, 0.3) is 20.4 Å². The number of nitrogens with zero attached hydrogens (tertiary/aromatic N) is 5. The summed E-state index contributed by atoms with van der Waals surface area (Å²) in [5.74, 6) is -0.847. The quantitative estimate of drug-likeness (QED) is 0.171. The Balaban J connectivity index is 0.000000226. The third-order valence-corrected chi connectivity index (χ3v) is 10.7. The number of aliphatic imine (C=N–C) groups is 1. The highest BCUT2D eigenvalue weighted by Gasteiger charge is 2.42. The normalized spacial score (nSPS) is 23.6. The van der Waals surface area contributed by atoms with Gasteiger partial charge in [0.1, 0.15) is 21.2 Å². The van der Waals surface area contributed by atoms with Gasteiger partial charge in [0.05, 0.1) is 27.9 Å². The lowest BCUT2D eigenvalue weighted by atomic mass is 9.86. The van der Waals surface area contributed by atoms with Crippen LogP contribution in [-0.2, 0) is 14.3 Å². The van der Waals surface area contributed by atoms with E-state index in [0.29, 0.717) is 17.9 Å². The number of rotatable bonds is 4. The highest BCUT2D eigenvalue weighted by Crippen LogP contribution is 2.35. The number of carbonyl (C=O) groups is 3. The van der Waals surface area contributed by atoms with Crippen LogP contribution < -0.4 is 0 Å². The molecular weight excluding hydrogens is 660 g/mol. The lowest BCUT2D eigenvalue weighted by molar-refractivity contribution is -0.136. The Morgan fingerprint density at radius 3 is 2.55 bits per heavy atom. The van der Waals surface area contributed by atoms with Crippen molar-refractivity contribution in [2.45, 2.75) is 85.0 Å². The first-order valence-electron chi connectivity index (χ1n) is 16.1. The topological polar surface area (TPSA) is 132 Å². The number of thiophene rings is 2. The zero-order valence-corrected chi connectivity index (χ0v) is 29.9. The van der Waals surface area contributed by atoms with E-state index >= 15 is 0 Å². The van der Waals surface area contributed by atoms with Gasteiger partial charge < -0.3 is 9.47 Å². The summed E-state index contributed by atoms with van der Waals surface area (Å²) in [5, 5.41) is 13.5. The zero-order chi connectivity index (χ0) is 32.6. The second kappa shape index (κ2) is 14.6. The molecule has 3 aliphatic rings. The van der Waals surface area contributed by atoms with Crippen molar-refractivity contribution in [2.24, 2.45) is 22.7 Å². The number of fused-ring (bicyclic) bond motifs is 2. The summed E-state index contributed by atoms with van der Waals surface area (Å²) in [4.78, 5) is 48.5. The Kier molecular flexibility index (Phi) is 10.9. The molecule has 4 unspecified atom stereocenters. The van der Waals surface area contributed by atoms with E-state index in [1.807, 2.05) is 17.8 Å². The number of hydrogen-bond donors (Lipinski definition) is 1. The predicted molar refractivity (Wildman–Crippen MR) is 187 cm³/mol. The van der Waals surface area contributed by atoms with Crippen molar-refractivity contribution in [3.8, 4) is 0 Å². The second-order valence-corrected chi connectivity index (χ2v) is 15.7. The maximum Gasteiger partial charge on any atom is 0.417 e. The SMILES string of the molecule is CC1CC(C(=O)c2cc3cnn(C4CCCCO4)c3s2)C(=O)N(C(=O)OC(C)(C)C)C1.CC1CCC(c2cc3cn[nH]c3s2)=NC1.Cl. The van der Waals surface area contributed by atoms with Gasteiger partial charge in [-0.3, -0.25) is 19.7 Å². The van der Waals surface area contributed by atoms with E-state index in [0.717, 1.165) is 58.1 Å². The van der Waals surface area contributed by atoms with E-state index in [1.54, 1.807) is 44.4 Å². The number of Topliss-reactive ketones (excluding diaryl/α,β-unsaturated/α-hetero) is 1. The molecule has 7 rings (SSSR count). The van der Waals surface area contributed by atoms with E-state index in [4.69, 9.17) is 9.47 Å². The van der Waals surface area contributed by atoms with Crippen molar-refractivity contribution in [3.05, 3.63) is 34.3 Å².